The number of imidazole rings is 1. The van der Waals surface area contributed by atoms with Crippen LogP contribution in [0.3, 0.4) is 0 Å². The number of hydrogen-bond acceptors (Lipinski definition) is 3. The summed E-state index contributed by atoms with van der Waals surface area (Å²) in [6.45, 7) is 1.26. The monoisotopic (exact) mass is 551 g/mol. The van der Waals surface area contributed by atoms with Gasteiger partial charge >= 0.3 is 12.4 Å². The van der Waals surface area contributed by atoms with Gasteiger partial charge < -0.3 is 15.0 Å². The van der Waals surface area contributed by atoms with Gasteiger partial charge in [-0.05, 0) is 74.9 Å². The van der Waals surface area contributed by atoms with Gasteiger partial charge in [0.1, 0.15) is 11.3 Å². The number of aromatic nitrogens is 2. The van der Waals surface area contributed by atoms with Gasteiger partial charge in [-0.15, -0.1) is 0 Å². The van der Waals surface area contributed by atoms with Gasteiger partial charge in [0, 0.05) is 18.9 Å². The molecule has 2 bridgehead atoms. The summed E-state index contributed by atoms with van der Waals surface area (Å²) in [4.78, 5) is 8.69. The lowest BCUT2D eigenvalue weighted by atomic mass is 9.61. The molecule has 3 aliphatic carbocycles. The van der Waals surface area contributed by atoms with Crippen molar-refractivity contribution in [3.8, 4) is 0 Å². The number of alkyl halides is 6. The Morgan fingerprint density at radius 3 is 2.41 bits per heavy atom. The number of aryl methyl sites for hydroxylation is 1. The maximum atomic E-state index is 13.4. The molecule has 3 aromatic rings. The van der Waals surface area contributed by atoms with Gasteiger partial charge in [-0.3, -0.25) is 0 Å². The Morgan fingerprint density at radius 1 is 1.03 bits per heavy atom. The van der Waals surface area contributed by atoms with E-state index in [4.69, 9.17) is 0 Å². The molecular formula is C29H31F6N3O. The molecule has 1 aromatic heterocycles. The number of allylic oxidation sites excluding steroid dienone is 1. The van der Waals surface area contributed by atoms with Crippen LogP contribution < -0.4 is 0 Å². The zero-order valence-electron chi connectivity index (χ0n) is 21.5. The second kappa shape index (κ2) is 10.3. The average molecular weight is 552 g/mol. The van der Waals surface area contributed by atoms with Gasteiger partial charge in [0.25, 0.3) is 0 Å². The van der Waals surface area contributed by atoms with E-state index < -0.39 is 34.6 Å². The summed E-state index contributed by atoms with van der Waals surface area (Å²) in [6.07, 6.45) is -3.40. The number of aromatic amines is 1. The fraction of sp³-hybridized carbons (Fsp3) is 0.483. The van der Waals surface area contributed by atoms with Crippen LogP contribution in [0.1, 0.15) is 54.6 Å². The second-order valence-corrected chi connectivity index (χ2v) is 10.9. The Kier molecular flexibility index (Phi) is 7.30. The Hall–Kier alpha value is -2.85. The van der Waals surface area contributed by atoms with Gasteiger partial charge in [0.05, 0.1) is 22.2 Å². The molecule has 4 nitrogen and oxygen atoms in total. The van der Waals surface area contributed by atoms with Crippen LogP contribution >= 0.6 is 0 Å². The van der Waals surface area contributed by atoms with E-state index in [1.165, 1.54) is 11.1 Å². The number of hydrogen-bond donors (Lipinski definition) is 2. The molecule has 6 rings (SSSR count). The Balaban J connectivity index is 1.18. The van der Waals surface area contributed by atoms with E-state index >= 15 is 0 Å². The molecule has 0 unspecified atom stereocenters. The topological polar surface area (TPSA) is 52.2 Å². The van der Waals surface area contributed by atoms with E-state index in [0.717, 1.165) is 19.3 Å². The van der Waals surface area contributed by atoms with Gasteiger partial charge in [-0.2, -0.15) is 26.3 Å². The van der Waals surface area contributed by atoms with Crippen molar-refractivity contribution >= 4 is 16.6 Å². The first-order chi connectivity index (χ1) is 18.3. The quantitative estimate of drug-likeness (QED) is 0.294. The normalized spacial score (nSPS) is 23.6. The first-order valence-electron chi connectivity index (χ1n) is 13.2. The summed E-state index contributed by atoms with van der Waals surface area (Å²) in [5.74, 6) is 0.649. The lowest BCUT2D eigenvalue weighted by molar-refractivity contribution is -0.142. The maximum Gasteiger partial charge on any atom is 0.418 e. The second-order valence-electron chi connectivity index (χ2n) is 10.9. The Bertz CT molecular complexity index is 1350. The van der Waals surface area contributed by atoms with E-state index in [1.807, 2.05) is 25.2 Å². The van der Waals surface area contributed by atoms with Crippen LogP contribution in [0, 0.1) is 11.8 Å². The van der Waals surface area contributed by atoms with E-state index in [9.17, 15) is 31.4 Å². The molecule has 3 atom stereocenters. The zero-order chi connectivity index (χ0) is 28.0. The third kappa shape index (κ3) is 5.87. The molecule has 0 spiro atoms. The first kappa shape index (κ1) is 27.7. The highest BCUT2D eigenvalue weighted by Crippen LogP contribution is 2.51. The summed E-state index contributed by atoms with van der Waals surface area (Å²) < 4.78 is 79.7. The molecule has 2 aromatic carbocycles. The number of H-pyrrole nitrogens is 1. The van der Waals surface area contributed by atoms with Crippen LogP contribution in [-0.2, 0) is 18.8 Å². The van der Waals surface area contributed by atoms with E-state index in [0.29, 0.717) is 37.9 Å². The highest BCUT2D eigenvalue weighted by molar-refractivity contribution is 5.80. The van der Waals surface area contributed by atoms with Gasteiger partial charge in [-0.25, -0.2) is 4.98 Å². The van der Waals surface area contributed by atoms with Crippen molar-refractivity contribution in [2.75, 3.05) is 20.1 Å². The minimum atomic E-state index is -4.96. The highest BCUT2D eigenvalue weighted by atomic mass is 19.4. The third-order valence-corrected chi connectivity index (χ3v) is 8.19. The van der Waals surface area contributed by atoms with Crippen molar-refractivity contribution in [2.24, 2.45) is 11.8 Å². The van der Waals surface area contributed by atoms with E-state index in [2.05, 4.69) is 33.1 Å². The molecular weight excluding hydrogens is 520 g/mol. The van der Waals surface area contributed by atoms with Crippen molar-refractivity contribution in [3.05, 3.63) is 71.1 Å². The van der Waals surface area contributed by atoms with Crippen LogP contribution in [0.5, 0.6) is 0 Å². The molecule has 1 fully saturated rings. The Labute approximate surface area is 222 Å². The summed E-state index contributed by atoms with van der Waals surface area (Å²) in [7, 11) is 1.92. The van der Waals surface area contributed by atoms with Crippen LogP contribution in [0.15, 0.2) is 48.5 Å². The van der Waals surface area contributed by atoms with Crippen LogP contribution in [-0.4, -0.2) is 45.7 Å². The molecule has 0 amide bonds. The number of benzene rings is 2. The summed E-state index contributed by atoms with van der Waals surface area (Å²) >= 11 is 0. The summed E-state index contributed by atoms with van der Waals surface area (Å²) in [5.41, 5.74) is -1.77. The van der Waals surface area contributed by atoms with E-state index in [1.54, 1.807) is 0 Å². The number of nitrogens with zero attached hydrogens (tertiary/aromatic N) is 2. The van der Waals surface area contributed by atoms with E-state index in [-0.39, 0.29) is 29.7 Å². The minimum Gasteiger partial charge on any atom is -0.389 e. The largest absolute Gasteiger partial charge is 0.418 e. The van der Waals surface area contributed by atoms with Crippen molar-refractivity contribution in [3.63, 3.8) is 0 Å². The zero-order valence-corrected chi connectivity index (χ0v) is 21.5. The molecule has 10 heteroatoms. The van der Waals surface area contributed by atoms with Crippen molar-refractivity contribution in [2.45, 2.75) is 56.5 Å². The average Bonchev–Trinajstić information content (AvgIpc) is 3.29. The fourth-order valence-electron chi connectivity index (χ4n) is 6.12. The minimum absolute atomic E-state index is 0.103. The molecule has 3 aliphatic rings. The lowest BCUT2D eigenvalue weighted by Gasteiger charge is -2.48. The smallest absolute Gasteiger partial charge is 0.389 e. The van der Waals surface area contributed by atoms with Gasteiger partial charge in [0.2, 0.25) is 0 Å². The molecule has 210 valence electrons. The van der Waals surface area contributed by atoms with Crippen LogP contribution in [0.2, 0.25) is 0 Å². The lowest BCUT2D eigenvalue weighted by Crippen LogP contribution is -2.48. The van der Waals surface area contributed by atoms with Gasteiger partial charge in [-0.1, -0.05) is 36.4 Å². The molecule has 0 aliphatic heterocycles. The molecule has 39 heavy (non-hydrogen) atoms. The summed E-state index contributed by atoms with van der Waals surface area (Å²) in [6, 6.07) is 11.1. The third-order valence-electron chi connectivity index (χ3n) is 8.19. The number of aliphatic hydroxyl groups is 1. The van der Waals surface area contributed by atoms with Gasteiger partial charge in [0.15, 0.2) is 0 Å². The fourth-order valence-corrected chi connectivity index (χ4v) is 6.12. The molecule has 0 radical (unpaired) electrons. The number of nitrogens with one attached hydrogen (secondary N) is 1. The predicted molar refractivity (Wildman–Crippen MR) is 137 cm³/mol. The number of rotatable bonds is 8. The molecule has 2 N–H and O–H groups in total. The molecule has 1 heterocycles. The van der Waals surface area contributed by atoms with Crippen molar-refractivity contribution < 1.29 is 31.4 Å². The maximum absolute atomic E-state index is 13.4. The Morgan fingerprint density at radius 2 is 1.77 bits per heavy atom. The number of halogens is 6. The summed E-state index contributed by atoms with van der Waals surface area (Å²) in [5, 5.41) is 11.5. The van der Waals surface area contributed by atoms with Crippen LogP contribution in [0.4, 0.5) is 26.3 Å². The first-order valence-corrected chi connectivity index (χ1v) is 13.2. The van der Waals surface area contributed by atoms with Crippen molar-refractivity contribution in [1.82, 2.24) is 14.9 Å². The predicted octanol–water partition coefficient (Wildman–Crippen LogP) is 7.10. The van der Waals surface area contributed by atoms with Crippen molar-refractivity contribution in [1.29, 1.82) is 0 Å². The number of fused-ring (bicyclic) bond motifs is 3. The SMILES string of the molecule is CN(CCCc1nc2c(C(F)(F)F)cc(C(F)(F)F)cc2[nH]1)CC[C@]1(O)C[C@H]2CC[C@@H]1C=C2c1ccccc1. The van der Waals surface area contributed by atoms with Crippen LogP contribution in [0.25, 0.3) is 16.6 Å². The molecule has 0 saturated heterocycles. The highest BCUT2D eigenvalue weighted by Gasteiger charge is 2.46. The molecule has 1 saturated carbocycles. The standard InChI is InChI=1S/C29H31F6N3O/c1-38(13-11-27(39)17-19-9-10-20(27)14-22(19)18-6-3-2-4-7-18)12-5-8-25-36-24-16-21(28(30,31)32)15-23(26(24)37-25)29(33,34)35/h2-4,6-7,14-16,19-20,39H,5,8-13,17H2,1H3,(H,36,37)/t19-,20-,27+/m1/s1.